The van der Waals surface area contributed by atoms with Crippen LogP contribution in [0.15, 0.2) is 16.0 Å². The lowest BCUT2D eigenvalue weighted by molar-refractivity contribution is -0.121. The van der Waals surface area contributed by atoms with Crippen molar-refractivity contribution in [3.8, 4) is 0 Å². The van der Waals surface area contributed by atoms with E-state index in [9.17, 15) is 9.59 Å². The van der Waals surface area contributed by atoms with Gasteiger partial charge in [0.1, 0.15) is 0 Å². The minimum atomic E-state index is -0.193. The van der Waals surface area contributed by atoms with Crippen molar-refractivity contribution < 1.29 is 4.79 Å². The Kier molecular flexibility index (Phi) is 6.69. The Morgan fingerprint density at radius 1 is 1.43 bits per heavy atom. The molecule has 1 heterocycles. The first kappa shape index (κ1) is 18.0. The number of carbonyl (C=O) groups is 1. The summed E-state index contributed by atoms with van der Waals surface area (Å²) in [5, 5.41) is 3.62. The summed E-state index contributed by atoms with van der Waals surface area (Å²) in [5.41, 5.74) is 0.612. The van der Waals surface area contributed by atoms with Crippen LogP contribution < -0.4 is 10.9 Å². The third-order valence-corrected chi connectivity index (χ3v) is 5.57. The van der Waals surface area contributed by atoms with Gasteiger partial charge in [-0.1, -0.05) is 44.4 Å². The van der Waals surface area contributed by atoms with Crippen LogP contribution in [0.25, 0.3) is 0 Å². The van der Waals surface area contributed by atoms with Gasteiger partial charge in [0.25, 0.3) is 5.56 Å². The monoisotopic (exact) mass is 337 g/mol. The Balaban J connectivity index is 2.08. The molecule has 0 radical (unpaired) electrons. The largest absolute Gasteiger partial charge is 0.352 e. The van der Waals surface area contributed by atoms with E-state index in [1.165, 1.54) is 41.7 Å². The van der Waals surface area contributed by atoms with Crippen molar-refractivity contribution in [3.05, 3.63) is 22.1 Å². The van der Waals surface area contributed by atoms with Crippen LogP contribution in [-0.2, 0) is 11.8 Å². The summed E-state index contributed by atoms with van der Waals surface area (Å²) in [6.07, 6.45) is 7.54. The number of rotatable bonds is 6. The molecule has 1 aliphatic rings. The zero-order valence-electron chi connectivity index (χ0n) is 14.3. The molecule has 128 valence electrons. The molecule has 2 rings (SSSR count). The molecule has 1 aliphatic carbocycles. The minimum Gasteiger partial charge on any atom is -0.352 e. The van der Waals surface area contributed by atoms with Crippen LogP contribution in [0, 0.1) is 6.92 Å². The fourth-order valence-corrected chi connectivity index (χ4v) is 4.14. The van der Waals surface area contributed by atoms with E-state index in [1.807, 2.05) is 6.92 Å². The van der Waals surface area contributed by atoms with Gasteiger partial charge in [-0.15, -0.1) is 0 Å². The van der Waals surface area contributed by atoms with Crippen molar-refractivity contribution in [2.45, 2.75) is 75.2 Å². The van der Waals surface area contributed by atoms with E-state index >= 15 is 0 Å². The van der Waals surface area contributed by atoms with Gasteiger partial charge >= 0.3 is 0 Å². The van der Waals surface area contributed by atoms with Crippen LogP contribution in [0.4, 0.5) is 0 Å². The molecule has 0 saturated heterocycles. The molecule has 1 N–H and O–H groups in total. The maximum absolute atomic E-state index is 12.6. The third kappa shape index (κ3) is 5.09. The molecular formula is C17H27N3O2S. The summed E-state index contributed by atoms with van der Waals surface area (Å²) >= 11 is 1.40. The first-order valence-corrected chi connectivity index (χ1v) is 9.41. The van der Waals surface area contributed by atoms with Crippen molar-refractivity contribution in [3.63, 3.8) is 0 Å². The van der Waals surface area contributed by atoms with E-state index < -0.39 is 0 Å². The van der Waals surface area contributed by atoms with Gasteiger partial charge in [0.2, 0.25) is 5.91 Å². The van der Waals surface area contributed by atoms with Crippen molar-refractivity contribution in [1.29, 1.82) is 0 Å². The summed E-state index contributed by atoms with van der Waals surface area (Å²) in [5.74, 6) is 0.0829. The van der Waals surface area contributed by atoms with Crippen LogP contribution >= 0.6 is 11.8 Å². The fraction of sp³-hybridized carbons (Fsp3) is 0.706. The smallest absolute Gasteiger partial charge is 0.254 e. The average molecular weight is 337 g/mol. The van der Waals surface area contributed by atoms with E-state index in [0.717, 1.165) is 25.7 Å². The van der Waals surface area contributed by atoms with Gasteiger partial charge in [-0.25, -0.2) is 4.98 Å². The van der Waals surface area contributed by atoms with Crippen LogP contribution in [0.1, 0.15) is 57.6 Å². The second kappa shape index (κ2) is 8.52. The lowest BCUT2D eigenvalue weighted by Gasteiger charge is -2.25. The number of amides is 1. The fourth-order valence-electron chi connectivity index (χ4n) is 2.91. The maximum Gasteiger partial charge on any atom is 0.254 e. The van der Waals surface area contributed by atoms with E-state index in [0.29, 0.717) is 16.9 Å². The van der Waals surface area contributed by atoms with Crippen molar-refractivity contribution >= 4 is 17.7 Å². The number of hydrogen-bond acceptors (Lipinski definition) is 4. The Hall–Kier alpha value is -1.30. The quantitative estimate of drug-likeness (QED) is 0.640. The molecule has 1 fully saturated rings. The standard InChI is InChI=1S/C17H27N3O2S/c1-4-8-14(16(22)19-13-9-6-5-7-10-13)23-17-18-12(2)11-15(21)20(17)3/h11,13-14H,4-10H2,1-3H3,(H,19,22). The molecule has 1 aromatic rings. The molecule has 5 nitrogen and oxygen atoms in total. The second-order valence-corrected chi connectivity index (χ2v) is 7.49. The van der Waals surface area contributed by atoms with E-state index in [1.54, 1.807) is 7.05 Å². The number of hydrogen-bond donors (Lipinski definition) is 1. The highest BCUT2D eigenvalue weighted by molar-refractivity contribution is 8.00. The first-order valence-electron chi connectivity index (χ1n) is 8.53. The van der Waals surface area contributed by atoms with E-state index in [4.69, 9.17) is 0 Å². The maximum atomic E-state index is 12.6. The molecule has 0 bridgehead atoms. The van der Waals surface area contributed by atoms with Crippen LogP contribution in [0.5, 0.6) is 0 Å². The van der Waals surface area contributed by atoms with Gasteiger partial charge in [-0.2, -0.15) is 0 Å². The van der Waals surface area contributed by atoms with Gasteiger partial charge in [-0.05, 0) is 26.2 Å². The topological polar surface area (TPSA) is 64.0 Å². The molecule has 6 heteroatoms. The summed E-state index contributed by atoms with van der Waals surface area (Å²) in [6.45, 7) is 3.88. The Morgan fingerprint density at radius 3 is 2.78 bits per heavy atom. The van der Waals surface area contributed by atoms with Crippen LogP contribution in [-0.4, -0.2) is 26.8 Å². The molecule has 1 aromatic heterocycles. The number of nitrogens with zero attached hydrogens (tertiary/aromatic N) is 2. The summed E-state index contributed by atoms with van der Waals surface area (Å²) in [4.78, 5) is 29.0. The molecule has 23 heavy (non-hydrogen) atoms. The normalized spacial score (nSPS) is 17.0. The Bertz CT molecular complexity index is 594. The highest BCUT2D eigenvalue weighted by Gasteiger charge is 2.24. The van der Waals surface area contributed by atoms with Gasteiger partial charge in [0.05, 0.1) is 5.25 Å². The zero-order chi connectivity index (χ0) is 16.8. The molecule has 1 amide bonds. The molecule has 0 spiro atoms. The molecule has 0 aromatic carbocycles. The summed E-state index contributed by atoms with van der Waals surface area (Å²) in [6, 6.07) is 1.83. The molecule has 1 unspecified atom stereocenters. The predicted molar refractivity (Wildman–Crippen MR) is 93.8 cm³/mol. The predicted octanol–water partition coefficient (Wildman–Crippen LogP) is 2.80. The number of carbonyl (C=O) groups excluding carboxylic acids is 1. The lowest BCUT2D eigenvalue weighted by Crippen LogP contribution is -2.41. The van der Waals surface area contributed by atoms with Crippen molar-refractivity contribution in [1.82, 2.24) is 14.9 Å². The highest BCUT2D eigenvalue weighted by Crippen LogP contribution is 2.25. The van der Waals surface area contributed by atoms with Crippen molar-refractivity contribution in [2.24, 2.45) is 7.05 Å². The van der Waals surface area contributed by atoms with Crippen LogP contribution in [0.2, 0.25) is 0 Å². The minimum absolute atomic E-state index is 0.0806. The SMILES string of the molecule is CCCC(Sc1nc(C)cc(=O)n1C)C(=O)NC1CCCCC1. The number of thioether (sulfide) groups is 1. The zero-order valence-corrected chi connectivity index (χ0v) is 15.1. The molecule has 1 saturated carbocycles. The second-order valence-electron chi connectivity index (χ2n) is 6.32. The van der Waals surface area contributed by atoms with Gasteiger partial charge in [0.15, 0.2) is 5.16 Å². The number of nitrogens with one attached hydrogen (secondary N) is 1. The van der Waals surface area contributed by atoms with Crippen molar-refractivity contribution in [2.75, 3.05) is 0 Å². The van der Waals surface area contributed by atoms with E-state index in [2.05, 4.69) is 17.2 Å². The first-order chi connectivity index (χ1) is 11.0. The highest BCUT2D eigenvalue weighted by atomic mass is 32.2. The van der Waals surface area contributed by atoms with Gasteiger partial charge < -0.3 is 5.32 Å². The van der Waals surface area contributed by atoms with Crippen LogP contribution in [0.3, 0.4) is 0 Å². The van der Waals surface area contributed by atoms with Gasteiger partial charge in [0, 0.05) is 24.8 Å². The molecule has 1 atom stereocenters. The van der Waals surface area contributed by atoms with E-state index in [-0.39, 0.29) is 16.7 Å². The lowest BCUT2D eigenvalue weighted by atomic mass is 9.95. The summed E-state index contributed by atoms with van der Waals surface area (Å²) < 4.78 is 1.52. The Labute approximate surface area is 142 Å². The number of aryl methyl sites for hydroxylation is 1. The average Bonchev–Trinajstić information content (AvgIpc) is 2.52. The number of aromatic nitrogens is 2. The Morgan fingerprint density at radius 2 is 2.13 bits per heavy atom. The molecular weight excluding hydrogens is 310 g/mol. The third-order valence-electron chi connectivity index (χ3n) is 4.26. The van der Waals surface area contributed by atoms with Gasteiger partial charge in [-0.3, -0.25) is 14.2 Å². The summed E-state index contributed by atoms with van der Waals surface area (Å²) in [7, 11) is 1.71. The molecule has 0 aliphatic heterocycles.